The summed E-state index contributed by atoms with van der Waals surface area (Å²) in [6.07, 6.45) is -1.80. The number of rotatable bonds is 6. The van der Waals surface area contributed by atoms with Gasteiger partial charge in [-0.2, -0.15) is 13.2 Å². The second-order valence-electron chi connectivity index (χ2n) is 6.28. The fourth-order valence-corrected chi connectivity index (χ4v) is 2.92. The molecule has 2 heterocycles. The number of amides is 1. The number of nitrogens with one attached hydrogen (secondary N) is 1. The highest BCUT2D eigenvalue weighted by molar-refractivity contribution is 6.34. The number of benzene rings is 1. The molecule has 0 radical (unpaired) electrons. The number of carbonyl (C=O) groups is 1. The van der Waals surface area contributed by atoms with E-state index in [-0.39, 0.29) is 24.8 Å². The van der Waals surface area contributed by atoms with Crippen molar-refractivity contribution in [2.75, 3.05) is 32.1 Å². The van der Waals surface area contributed by atoms with E-state index in [4.69, 9.17) is 21.1 Å². The van der Waals surface area contributed by atoms with E-state index in [2.05, 4.69) is 10.3 Å². The molecule has 1 aromatic carbocycles. The minimum atomic E-state index is -4.35. The molecule has 0 saturated carbocycles. The summed E-state index contributed by atoms with van der Waals surface area (Å²) in [4.78, 5) is 17.8. The van der Waals surface area contributed by atoms with Gasteiger partial charge in [-0.05, 0) is 7.05 Å². The van der Waals surface area contributed by atoms with Crippen molar-refractivity contribution in [2.24, 2.45) is 0 Å². The van der Waals surface area contributed by atoms with Gasteiger partial charge in [-0.1, -0.05) is 11.6 Å². The lowest BCUT2D eigenvalue weighted by Gasteiger charge is -2.21. The number of fused-ring (bicyclic) bond motifs is 1. The van der Waals surface area contributed by atoms with Gasteiger partial charge in [0.2, 0.25) is 5.91 Å². The van der Waals surface area contributed by atoms with E-state index in [1.54, 1.807) is 24.1 Å². The summed E-state index contributed by atoms with van der Waals surface area (Å²) < 4.78 is 49.6. The van der Waals surface area contributed by atoms with Crippen LogP contribution < -0.4 is 14.8 Å². The Morgan fingerprint density at radius 3 is 2.68 bits per heavy atom. The van der Waals surface area contributed by atoms with Gasteiger partial charge in [0.05, 0.1) is 23.8 Å². The predicted molar refractivity (Wildman–Crippen MR) is 95.7 cm³/mol. The average Bonchev–Trinajstić information content (AvgIpc) is 3.00. The second-order valence-corrected chi connectivity index (χ2v) is 6.69. The molecule has 7 nitrogen and oxygen atoms in total. The standard InChI is InChI=1S/C17H18ClF3N4O3/c1-24(8-15-22-2-3-25(15)10-17(19,20)21)9-16(26)23-12-7-14-13(6-11(12)18)27-4-5-28-14/h2-3,6-7H,4-5,8-10H2,1H3,(H,23,26). The van der Waals surface area contributed by atoms with E-state index in [9.17, 15) is 18.0 Å². The zero-order valence-corrected chi connectivity index (χ0v) is 15.7. The molecule has 1 amide bonds. The van der Waals surface area contributed by atoms with Crippen LogP contribution in [0.3, 0.4) is 0 Å². The first kappa shape index (κ1) is 20.3. The van der Waals surface area contributed by atoms with Crippen molar-refractivity contribution < 1.29 is 27.4 Å². The minimum absolute atomic E-state index is 0.0658. The third kappa shape index (κ3) is 5.29. The zero-order valence-electron chi connectivity index (χ0n) is 14.9. The van der Waals surface area contributed by atoms with E-state index in [1.807, 2.05) is 0 Å². The molecular formula is C17H18ClF3N4O3. The second kappa shape index (κ2) is 8.27. The third-order valence-corrected chi connectivity index (χ3v) is 4.19. The monoisotopic (exact) mass is 418 g/mol. The number of anilines is 1. The molecule has 28 heavy (non-hydrogen) atoms. The Bertz CT molecular complexity index is 857. The van der Waals surface area contributed by atoms with Crippen LogP contribution in [0.1, 0.15) is 5.82 Å². The number of likely N-dealkylation sites (N-methyl/N-ethyl adjacent to an activating group) is 1. The Balaban J connectivity index is 1.59. The van der Waals surface area contributed by atoms with Crippen molar-refractivity contribution in [1.82, 2.24) is 14.5 Å². The largest absolute Gasteiger partial charge is 0.486 e. The van der Waals surface area contributed by atoms with Gasteiger partial charge in [0.15, 0.2) is 11.5 Å². The third-order valence-electron chi connectivity index (χ3n) is 3.88. The molecule has 1 aromatic heterocycles. The van der Waals surface area contributed by atoms with Crippen LogP contribution in [0.25, 0.3) is 0 Å². The van der Waals surface area contributed by atoms with Gasteiger partial charge in [0.25, 0.3) is 0 Å². The normalized spacial score (nSPS) is 13.6. The maximum Gasteiger partial charge on any atom is 0.406 e. The molecule has 11 heteroatoms. The lowest BCUT2D eigenvalue weighted by molar-refractivity contribution is -0.141. The Hall–Kier alpha value is -2.46. The van der Waals surface area contributed by atoms with Gasteiger partial charge in [0.1, 0.15) is 25.6 Å². The van der Waals surface area contributed by atoms with Crippen LogP contribution in [0.15, 0.2) is 24.5 Å². The van der Waals surface area contributed by atoms with Crippen LogP contribution >= 0.6 is 11.6 Å². The maximum atomic E-state index is 12.6. The first-order valence-electron chi connectivity index (χ1n) is 8.35. The van der Waals surface area contributed by atoms with Gasteiger partial charge in [-0.15, -0.1) is 0 Å². The molecule has 152 valence electrons. The van der Waals surface area contributed by atoms with Gasteiger partial charge in [-0.25, -0.2) is 4.98 Å². The lowest BCUT2D eigenvalue weighted by atomic mass is 10.2. The number of carbonyl (C=O) groups excluding carboxylic acids is 1. The summed E-state index contributed by atoms with van der Waals surface area (Å²) in [6.45, 7) is -0.302. The molecule has 3 rings (SSSR count). The topological polar surface area (TPSA) is 68.6 Å². The van der Waals surface area contributed by atoms with Crippen molar-refractivity contribution in [3.8, 4) is 11.5 Å². The molecule has 1 aliphatic heterocycles. The Morgan fingerprint density at radius 1 is 1.32 bits per heavy atom. The SMILES string of the molecule is CN(CC(=O)Nc1cc2c(cc1Cl)OCCO2)Cc1nccn1CC(F)(F)F. The fraction of sp³-hybridized carbons (Fsp3) is 0.412. The predicted octanol–water partition coefficient (Wildman–Crippen LogP) is 2.94. The van der Waals surface area contributed by atoms with E-state index in [0.29, 0.717) is 35.4 Å². The highest BCUT2D eigenvalue weighted by atomic mass is 35.5. The summed E-state index contributed by atoms with van der Waals surface area (Å²) in [5.74, 6) is 0.816. The Labute approximate surface area is 164 Å². The van der Waals surface area contributed by atoms with Crippen LogP contribution in [-0.2, 0) is 17.9 Å². The number of aromatic nitrogens is 2. The summed E-state index contributed by atoms with van der Waals surface area (Å²) >= 11 is 6.16. The first-order valence-corrected chi connectivity index (χ1v) is 8.73. The maximum absolute atomic E-state index is 12.6. The van der Waals surface area contributed by atoms with Crippen molar-refractivity contribution >= 4 is 23.2 Å². The quantitative estimate of drug-likeness (QED) is 0.781. The molecular weight excluding hydrogens is 401 g/mol. The van der Waals surface area contributed by atoms with E-state index >= 15 is 0 Å². The lowest BCUT2D eigenvalue weighted by Crippen LogP contribution is -2.31. The van der Waals surface area contributed by atoms with Crippen LogP contribution in [0.5, 0.6) is 11.5 Å². The van der Waals surface area contributed by atoms with Crippen LogP contribution in [-0.4, -0.2) is 53.3 Å². The molecule has 0 bridgehead atoms. The van der Waals surface area contributed by atoms with E-state index in [0.717, 1.165) is 4.57 Å². The highest BCUT2D eigenvalue weighted by Gasteiger charge is 2.29. The minimum Gasteiger partial charge on any atom is -0.486 e. The van der Waals surface area contributed by atoms with Gasteiger partial charge < -0.3 is 19.4 Å². The first-order chi connectivity index (χ1) is 13.2. The number of hydrogen-bond acceptors (Lipinski definition) is 5. The number of hydrogen-bond donors (Lipinski definition) is 1. The van der Waals surface area contributed by atoms with Crippen LogP contribution in [0.4, 0.5) is 18.9 Å². The highest BCUT2D eigenvalue weighted by Crippen LogP contribution is 2.37. The molecule has 1 aliphatic rings. The van der Waals surface area contributed by atoms with Crippen molar-refractivity contribution in [3.63, 3.8) is 0 Å². The number of imidazole rings is 1. The average molecular weight is 419 g/mol. The van der Waals surface area contributed by atoms with Gasteiger partial charge in [-0.3, -0.25) is 9.69 Å². The van der Waals surface area contributed by atoms with Crippen LogP contribution in [0, 0.1) is 0 Å². The Kier molecular flexibility index (Phi) is 5.99. The molecule has 0 fully saturated rings. The van der Waals surface area contributed by atoms with Crippen molar-refractivity contribution in [3.05, 3.63) is 35.4 Å². The summed E-state index contributed by atoms with van der Waals surface area (Å²) in [5.41, 5.74) is 0.364. The number of alkyl halides is 3. The van der Waals surface area contributed by atoms with Crippen molar-refractivity contribution in [1.29, 1.82) is 0 Å². The zero-order chi connectivity index (χ0) is 20.3. The molecule has 0 unspecified atom stereocenters. The molecule has 0 aliphatic carbocycles. The molecule has 1 N–H and O–H groups in total. The van der Waals surface area contributed by atoms with Gasteiger partial charge >= 0.3 is 6.18 Å². The molecule has 0 atom stereocenters. The number of nitrogens with zero attached hydrogens (tertiary/aromatic N) is 3. The smallest absolute Gasteiger partial charge is 0.406 e. The van der Waals surface area contributed by atoms with E-state index in [1.165, 1.54) is 12.4 Å². The summed E-state index contributed by atoms with van der Waals surface area (Å²) in [5, 5.41) is 2.96. The van der Waals surface area contributed by atoms with E-state index < -0.39 is 12.7 Å². The van der Waals surface area contributed by atoms with Crippen molar-refractivity contribution in [2.45, 2.75) is 19.3 Å². The number of halogens is 4. The molecule has 0 spiro atoms. The fourth-order valence-electron chi connectivity index (χ4n) is 2.72. The Morgan fingerprint density at radius 2 is 2.00 bits per heavy atom. The molecule has 2 aromatic rings. The number of ether oxygens (including phenoxy) is 2. The molecule has 0 saturated heterocycles. The van der Waals surface area contributed by atoms with Crippen LogP contribution in [0.2, 0.25) is 5.02 Å². The van der Waals surface area contributed by atoms with Gasteiger partial charge in [0, 0.05) is 24.5 Å². The summed E-state index contributed by atoms with van der Waals surface area (Å²) in [7, 11) is 1.61. The summed E-state index contributed by atoms with van der Waals surface area (Å²) in [6, 6.07) is 3.13.